The molecule has 6 heteroatoms. The molecule has 0 atom stereocenters. The summed E-state index contributed by atoms with van der Waals surface area (Å²) in [5.74, 6) is 0.982. The van der Waals surface area contributed by atoms with E-state index in [2.05, 4.69) is 71.8 Å². The second kappa shape index (κ2) is 7.36. The highest BCUT2D eigenvalue weighted by molar-refractivity contribution is 9.10. The van der Waals surface area contributed by atoms with E-state index in [-0.39, 0.29) is 0 Å². The van der Waals surface area contributed by atoms with Crippen molar-refractivity contribution in [3.05, 3.63) is 82.6 Å². The highest BCUT2D eigenvalue weighted by Crippen LogP contribution is 2.29. The number of aromatic nitrogens is 4. The molecule has 3 heterocycles. The summed E-state index contributed by atoms with van der Waals surface area (Å²) in [5.41, 5.74) is 4.83. The molecule has 0 fully saturated rings. The lowest BCUT2D eigenvalue weighted by Crippen LogP contribution is -2.32. The number of imidazole rings is 1. The van der Waals surface area contributed by atoms with Crippen molar-refractivity contribution < 1.29 is 0 Å². The number of nitrogens with zero attached hydrogens (tertiary/aromatic N) is 5. The van der Waals surface area contributed by atoms with Gasteiger partial charge in [0.2, 0.25) is 0 Å². The first kappa shape index (κ1) is 17.4. The van der Waals surface area contributed by atoms with E-state index in [4.69, 9.17) is 4.98 Å². The smallest absolute Gasteiger partial charge is 0.140 e. The van der Waals surface area contributed by atoms with Crippen LogP contribution in [0, 0.1) is 0 Å². The summed E-state index contributed by atoms with van der Waals surface area (Å²) in [4.78, 5) is 16.0. The Morgan fingerprint density at radius 3 is 2.79 bits per heavy atom. The Labute approximate surface area is 172 Å². The van der Waals surface area contributed by atoms with Crippen molar-refractivity contribution in [2.75, 3.05) is 11.4 Å². The van der Waals surface area contributed by atoms with Gasteiger partial charge in [0.25, 0.3) is 0 Å². The van der Waals surface area contributed by atoms with Gasteiger partial charge in [-0.3, -0.25) is 0 Å². The molecular weight excluding hydrogens is 414 g/mol. The van der Waals surface area contributed by atoms with Crippen LogP contribution in [0.3, 0.4) is 0 Å². The van der Waals surface area contributed by atoms with Gasteiger partial charge in [0.15, 0.2) is 0 Å². The van der Waals surface area contributed by atoms with Gasteiger partial charge < -0.3 is 9.47 Å². The summed E-state index contributed by atoms with van der Waals surface area (Å²) >= 11 is 3.57. The molecule has 5 rings (SSSR count). The number of anilines is 1. The first-order valence-electron chi connectivity index (χ1n) is 9.50. The predicted molar refractivity (Wildman–Crippen MR) is 114 cm³/mol. The quantitative estimate of drug-likeness (QED) is 0.478. The fraction of sp³-hybridized carbons (Fsp3) is 0.227. The first-order valence-corrected chi connectivity index (χ1v) is 10.3. The van der Waals surface area contributed by atoms with Gasteiger partial charge in [-0.1, -0.05) is 46.3 Å². The number of aryl methyl sites for hydroxylation is 2. The third-order valence-corrected chi connectivity index (χ3v) is 5.85. The monoisotopic (exact) mass is 433 g/mol. The number of hydrogen-bond acceptors (Lipinski definition) is 4. The van der Waals surface area contributed by atoms with Crippen molar-refractivity contribution in [1.82, 2.24) is 19.5 Å². The van der Waals surface area contributed by atoms with Gasteiger partial charge in [0.1, 0.15) is 12.1 Å². The molecule has 0 N–H and O–H groups in total. The van der Waals surface area contributed by atoms with E-state index in [9.17, 15) is 0 Å². The van der Waals surface area contributed by atoms with Crippen LogP contribution in [0.1, 0.15) is 17.0 Å². The van der Waals surface area contributed by atoms with E-state index >= 15 is 0 Å². The molecule has 0 bridgehead atoms. The second-order valence-corrected chi connectivity index (χ2v) is 8.01. The summed E-state index contributed by atoms with van der Waals surface area (Å²) in [6.07, 6.45) is 5.65. The van der Waals surface area contributed by atoms with E-state index < -0.39 is 0 Å². The van der Waals surface area contributed by atoms with Crippen molar-refractivity contribution in [3.63, 3.8) is 0 Å². The van der Waals surface area contributed by atoms with E-state index in [1.807, 2.05) is 18.5 Å². The number of benzene rings is 2. The molecule has 28 heavy (non-hydrogen) atoms. The van der Waals surface area contributed by atoms with Crippen molar-refractivity contribution in [2.45, 2.75) is 25.9 Å². The highest BCUT2D eigenvalue weighted by atomic mass is 79.9. The van der Waals surface area contributed by atoms with Gasteiger partial charge in [-0.25, -0.2) is 15.0 Å². The fourth-order valence-electron chi connectivity index (χ4n) is 3.90. The molecule has 0 unspecified atom stereocenters. The lowest BCUT2D eigenvalue weighted by molar-refractivity contribution is 0.623. The summed E-state index contributed by atoms with van der Waals surface area (Å²) in [7, 11) is 0. The Bertz CT molecular complexity index is 1120. The van der Waals surface area contributed by atoms with E-state index in [1.165, 1.54) is 11.3 Å². The SMILES string of the molecule is Brc1ccc2ncnc(N3CCc4c(ncn4CCc4ccccc4)C3)c2c1. The minimum Gasteiger partial charge on any atom is -0.350 e. The van der Waals surface area contributed by atoms with Gasteiger partial charge in [0, 0.05) is 35.1 Å². The molecule has 140 valence electrons. The molecule has 2 aromatic carbocycles. The Balaban J connectivity index is 1.38. The van der Waals surface area contributed by atoms with Crippen LogP contribution < -0.4 is 4.90 Å². The van der Waals surface area contributed by atoms with Gasteiger partial charge in [0.05, 0.1) is 24.1 Å². The van der Waals surface area contributed by atoms with Crippen LogP contribution in [-0.2, 0) is 25.9 Å². The number of rotatable bonds is 4. The number of fused-ring (bicyclic) bond motifs is 2. The normalized spacial score (nSPS) is 13.7. The Morgan fingerprint density at radius 1 is 1.00 bits per heavy atom. The molecule has 4 aromatic rings. The van der Waals surface area contributed by atoms with Crippen LogP contribution in [0.25, 0.3) is 10.9 Å². The molecule has 0 spiro atoms. The van der Waals surface area contributed by atoms with Crippen LogP contribution in [0.15, 0.2) is 65.7 Å². The average Bonchev–Trinajstić information content (AvgIpc) is 3.15. The summed E-state index contributed by atoms with van der Waals surface area (Å²) in [5, 5.41) is 1.07. The van der Waals surface area contributed by atoms with Gasteiger partial charge in [-0.15, -0.1) is 0 Å². The minimum atomic E-state index is 0.784. The first-order chi connectivity index (χ1) is 13.8. The third kappa shape index (κ3) is 3.29. The van der Waals surface area contributed by atoms with Crippen LogP contribution >= 0.6 is 15.9 Å². The molecular formula is C22H20BrN5. The average molecular weight is 434 g/mol. The van der Waals surface area contributed by atoms with Crippen LogP contribution in [0.5, 0.6) is 0 Å². The van der Waals surface area contributed by atoms with E-state index in [0.29, 0.717) is 0 Å². The number of hydrogen-bond donors (Lipinski definition) is 0. The Morgan fingerprint density at radius 2 is 1.89 bits per heavy atom. The zero-order chi connectivity index (χ0) is 18.9. The van der Waals surface area contributed by atoms with Crippen molar-refractivity contribution in [3.8, 4) is 0 Å². The number of halogens is 1. The van der Waals surface area contributed by atoms with Crippen LogP contribution in [-0.4, -0.2) is 26.1 Å². The van der Waals surface area contributed by atoms with Crippen molar-refractivity contribution in [2.24, 2.45) is 0 Å². The molecule has 2 aromatic heterocycles. The zero-order valence-corrected chi connectivity index (χ0v) is 17.0. The van der Waals surface area contributed by atoms with Crippen molar-refractivity contribution in [1.29, 1.82) is 0 Å². The Hall–Kier alpha value is -2.73. The topological polar surface area (TPSA) is 46.8 Å². The van der Waals surface area contributed by atoms with Crippen LogP contribution in [0.2, 0.25) is 0 Å². The Kier molecular flexibility index (Phi) is 4.56. The lowest BCUT2D eigenvalue weighted by atomic mass is 10.1. The lowest BCUT2D eigenvalue weighted by Gasteiger charge is -2.29. The molecule has 0 saturated heterocycles. The van der Waals surface area contributed by atoms with Crippen LogP contribution in [0.4, 0.5) is 5.82 Å². The molecule has 0 aliphatic carbocycles. The predicted octanol–water partition coefficient (Wildman–Crippen LogP) is 4.39. The van der Waals surface area contributed by atoms with E-state index in [0.717, 1.165) is 59.4 Å². The molecule has 5 nitrogen and oxygen atoms in total. The maximum atomic E-state index is 4.71. The maximum Gasteiger partial charge on any atom is 0.140 e. The third-order valence-electron chi connectivity index (χ3n) is 5.35. The van der Waals surface area contributed by atoms with Gasteiger partial charge in [-0.05, 0) is 30.2 Å². The molecule has 0 radical (unpaired) electrons. The largest absolute Gasteiger partial charge is 0.350 e. The van der Waals surface area contributed by atoms with Crippen molar-refractivity contribution >= 4 is 32.7 Å². The molecule has 1 aliphatic heterocycles. The maximum absolute atomic E-state index is 4.71. The van der Waals surface area contributed by atoms with E-state index in [1.54, 1.807) is 6.33 Å². The molecule has 1 aliphatic rings. The zero-order valence-electron chi connectivity index (χ0n) is 15.4. The summed E-state index contributed by atoms with van der Waals surface area (Å²) in [6, 6.07) is 16.8. The van der Waals surface area contributed by atoms with Gasteiger partial charge in [-0.2, -0.15) is 0 Å². The molecule has 0 amide bonds. The standard InChI is InChI=1S/C22H20BrN5/c23-17-6-7-19-18(12-17)22(25-14-24-19)27-11-9-21-20(13-27)26-15-28(21)10-8-16-4-2-1-3-5-16/h1-7,12,14-15H,8-11,13H2. The highest BCUT2D eigenvalue weighted by Gasteiger charge is 2.23. The molecule has 0 saturated carbocycles. The second-order valence-electron chi connectivity index (χ2n) is 7.10. The summed E-state index contributed by atoms with van der Waals surface area (Å²) < 4.78 is 3.35. The van der Waals surface area contributed by atoms with Gasteiger partial charge >= 0.3 is 0 Å². The summed E-state index contributed by atoms with van der Waals surface area (Å²) in [6.45, 7) is 2.69. The minimum absolute atomic E-state index is 0.784. The fourth-order valence-corrected chi connectivity index (χ4v) is 4.27.